The number of alkyl halides is 3. The molecule has 0 unspecified atom stereocenters. The van der Waals surface area contributed by atoms with E-state index in [0.29, 0.717) is 0 Å². The molecule has 0 aromatic heterocycles. The van der Waals surface area contributed by atoms with Crippen molar-refractivity contribution in [1.82, 2.24) is 15.5 Å². The van der Waals surface area contributed by atoms with Crippen molar-refractivity contribution in [1.29, 1.82) is 0 Å². The van der Waals surface area contributed by atoms with Crippen molar-refractivity contribution in [2.24, 2.45) is 5.73 Å². The number of fused-ring (bicyclic) bond motifs is 1. The van der Waals surface area contributed by atoms with Crippen molar-refractivity contribution < 1.29 is 53.2 Å². The van der Waals surface area contributed by atoms with Gasteiger partial charge in [0, 0.05) is 24.9 Å². The second-order valence-electron chi connectivity index (χ2n) is 7.81. The Hall–Kier alpha value is -2.66. The second kappa shape index (κ2) is 12.9. The molecule has 0 aliphatic carbocycles. The maximum Gasteiger partial charge on any atom is 0.407 e. The summed E-state index contributed by atoms with van der Waals surface area (Å²) in [5.74, 6) is -4.40. The largest absolute Gasteiger partial charge is 0.480 e. The van der Waals surface area contributed by atoms with Gasteiger partial charge in [-0.2, -0.15) is 0 Å². The SMILES string of the molecule is CO[C@@]1(NC(=O)CCC[C@@H](NC(=O)OCC(Cl)(Cl)Cl)C(=O)O)C(=O)N2C(C(=O)O)=C(COC(N)=O)CS[C@@H]21. The van der Waals surface area contributed by atoms with Crippen LogP contribution in [-0.2, 0) is 33.4 Å². The van der Waals surface area contributed by atoms with Gasteiger partial charge in [-0.15, -0.1) is 11.8 Å². The van der Waals surface area contributed by atoms with Gasteiger partial charge in [-0.25, -0.2) is 19.2 Å². The summed E-state index contributed by atoms with van der Waals surface area (Å²) in [6.45, 7) is -1.07. The van der Waals surface area contributed by atoms with E-state index in [2.05, 4.69) is 20.1 Å². The van der Waals surface area contributed by atoms with Gasteiger partial charge in [-0.05, 0) is 12.8 Å². The lowest BCUT2D eigenvalue weighted by Crippen LogP contribution is -2.80. The van der Waals surface area contributed by atoms with E-state index in [-0.39, 0.29) is 30.6 Å². The van der Waals surface area contributed by atoms with Crippen molar-refractivity contribution in [2.75, 3.05) is 26.1 Å². The number of nitrogens with one attached hydrogen (secondary N) is 2. The molecule has 15 nitrogen and oxygen atoms in total. The van der Waals surface area contributed by atoms with Gasteiger partial charge in [0.05, 0.1) is 0 Å². The number of carbonyl (C=O) groups excluding carboxylic acids is 4. The van der Waals surface area contributed by atoms with Crippen LogP contribution in [0, 0.1) is 0 Å². The van der Waals surface area contributed by atoms with Crippen molar-refractivity contribution in [3.63, 3.8) is 0 Å². The third kappa shape index (κ3) is 7.69. The number of aliphatic carboxylic acids is 2. The first kappa shape index (κ1) is 31.6. The molecule has 19 heteroatoms. The number of carboxylic acids is 2. The van der Waals surface area contributed by atoms with Crippen LogP contribution in [-0.4, -0.2) is 98.1 Å². The van der Waals surface area contributed by atoms with E-state index in [4.69, 9.17) is 45.3 Å². The minimum Gasteiger partial charge on any atom is -0.480 e. The van der Waals surface area contributed by atoms with Gasteiger partial charge >= 0.3 is 24.1 Å². The lowest BCUT2D eigenvalue weighted by molar-refractivity contribution is -0.192. The van der Waals surface area contributed by atoms with Crippen LogP contribution in [0.15, 0.2) is 11.3 Å². The Morgan fingerprint density at radius 2 is 1.89 bits per heavy atom. The van der Waals surface area contributed by atoms with Crippen LogP contribution in [0.2, 0.25) is 0 Å². The lowest BCUT2D eigenvalue weighted by atomic mass is 9.97. The standard InChI is InChI=1S/C19H23Cl3N4O11S/c1-35-19(14(32)26-11(13(30)31)8(5-36-16(23)33)6-38-15(19)26)25-10(27)4-2-3-9(12(28)29)24-17(34)37-7-18(20,21)22/h9,15H,2-7H2,1H3,(H2,23,33)(H,24,34)(H,25,27)(H,28,29)(H,30,31)/t9-,15-,19+/m1/s1. The number of ether oxygens (including phenoxy) is 3. The molecule has 1 saturated heterocycles. The summed E-state index contributed by atoms with van der Waals surface area (Å²) in [6.07, 6.45) is -2.78. The summed E-state index contributed by atoms with van der Waals surface area (Å²) in [5.41, 5.74) is 2.75. The molecule has 0 bridgehead atoms. The molecule has 0 saturated carbocycles. The molecular formula is C19H23Cl3N4O11S. The second-order valence-corrected chi connectivity index (χ2v) is 11.4. The Morgan fingerprint density at radius 1 is 1.24 bits per heavy atom. The molecule has 0 aromatic carbocycles. The van der Waals surface area contributed by atoms with Crippen LogP contribution >= 0.6 is 46.6 Å². The summed E-state index contributed by atoms with van der Waals surface area (Å²) in [5, 5.41) is 22.5. The predicted octanol–water partition coefficient (Wildman–Crippen LogP) is 0.514. The number of halogens is 3. The quantitative estimate of drug-likeness (QED) is 0.114. The molecule has 38 heavy (non-hydrogen) atoms. The number of methoxy groups -OCH3 is 1. The molecule has 1 fully saturated rings. The fraction of sp³-hybridized carbons (Fsp3) is 0.579. The average molecular weight is 622 g/mol. The monoisotopic (exact) mass is 620 g/mol. The number of hydrogen-bond donors (Lipinski definition) is 5. The molecule has 2 heterocycles. The molecule has 0 aromatic rings. The highest BCUT2D eigenvalue weighted by Crippen LogP contribution is 2.46. The first-order valence-corrected chi connectivity index (χ1v) is 12.7. The molecule has 3 atom stereocenters. The Balaban J connectivity index is 1.99. The molecule has 0 radical (unpaired) electrons. The highest BCUT2D eigenvalue weighted by atomic mass is 35.6. The van der Waals surface area contributed by atoms with Crippen molar-refractivity contribution >= 4 is 82.5 Å². The number of carbonyl (C=O) groups is 6. The smallest absolute Gasteiger partial charge is 0.407 e. The van der Waals surface area contributed by atoms with Crippen LogP contribution in [0.25, 0.3) is 0 Å². The Morgan fingerprint density at radius 3 is 2.42 bits per heavy atom. The molecular weight excluding hydrogens is 599 g/mol. The number of carboxylic acid groups (broad SMARTS) is 2. The number of nitrogens with zero attached hydrogens (tertiary/aromatic N) is 1. The average Bonchev–Trinajstić information content (AvgIpc) is 2.82. The molecule has 6 N–H and O–H groups in total. The fourth-order valence-electron chi connectivity index (χ4n) is 3.54. The van der Waals surface area contributed by atoms with E-state index < -0.39 is 75.8 Å². The van der Waals surface area contributed by atoms with Crippen LogP contribution < -0.4 is 16.4 Å². The summed E-state index contributed by atoms with van der Waals surface area (Å²) >= 11 is 17.4. The number of thioether (sulfide) groups is 1. The number of primary amides is 1. The van der Waals surface area contributed by atoms with Gasteiger partial charge < -0.3 is 40.8 Å². The Bertz CT molecular complexity index is 1040. The minimum absolute atomic E-state index is 0.0324. The molecule has 2 aliphatic heterocycles. The zero-order valence-electron chi connectivity index (χ0n) is 19.5. The van der Waals surface area contributed by atoms with Gasteiger partial charge in [-0.1, -0.05) is 34.8 Å². The molecule has 212 valence electrons. The number of alkyl carbamates (subject to hydrolysis) is 1. The molecule has 4 amide bonds. The van der Waals surface area contributed by atoms with Crippen molar-refractivity contribution in [3.05, 3.63) is 11.3 Å². The van der Waals surface area contributed by atoms with Gasteiger partial charge in [0.15, 0.2) is 0 Å². The highest BCUT2D eigenvalue weighted by Gasteiger charge is 2.66. The van der Waals surface area contributed by atoms with E-state index in [1.54, 1.807) is 0 Å². The van der Waals surface area contributed by atoms with Crippen molar-refractivity contribution in [3.8, 4) is 0 Å². The fourth-order valence-corrected chi connectivity index (χ4v) is 5.12. The number of hydrogen-bond acceptors (Lipinski definition) is 10. The summed E-state index contributed by atoms with van der Waals surface area (Å²) in [6, 6.07) is -1.43. The minimum atomic E-state index is -1.89. The van der Waals surface area contributed by atoms with E-state index in [1.807, 2.05) is 0 Å². The third-order valence-corrected chi connectivity index (χ3v) is 6.90. The van der Waals surface area contributed by atoms with Crippen LogP contribution in [0.4, 0.5) is 9.59 Å². The number of amides is 4. The predicted molar refractivity (Wildman–Crippen MR) is 131 cm³/mol. The van der Waals surface area contributed by atoms with Gasteiger partial charge in [0.1, 0.15) is 30.3 Å². The van der Waals surface area contributed by atoms with E-state index >= 15 is 0 Å². The Kier molecular flexibility index (Phi) is 10.7. The summed E-state index contributed by atoms with van der Waals surface area (Å²) in [4.78, 5) is 72.4. The van der Waals surface area contributed by atoms with Crippen molar-refractivity contribution in [2.45, 2.75) is 40.2 Å². The maximum absolute atomic E-state index is 13.0. The number of β-lactam (4-membered cyclic amide) rings is 1. The zero-order chi connectivity index (χ0) is 28.8. The third-order valence-electron chi connectivity index (χ3n) is 5.20. The number of nitrogens with two attached hydrogens (primary N) is 1. The Labute approximate surface area is 234 Å². The number of rotatable bonds is 12. The topological polar surface area (TPSA) is 224 Å². The van der Waals surface area contributed by atoms with E-state index in [9.17, 15) is 39.0 Å². The van der Waals surface area contributed by atoms with Gasteiger partial charge in [0.2, 0.25) is 9.70 Å². The first-order valence-electron chi connectivity index (χ1n) is 10.5. The maximum atomic E-state index is 13.0. The normalized spacial score (nSPS) is 21.5. The summed E-state index contributed by atoms with van der Waals surface area (Å²) < 4.78 is 12.7. The van der Waals surface area contributed by atoms with Crippen LogP contribution in [0.1, 0.15) is 19.3 Å². The zero-order valence-corrected chi connectivity index (χ0v) is 22.6. The van der Waals surface area contributed by atoms with E-state index in [0.717, 1.165) is 23.8 Å². The van der Waals surface area contributed by atoms with Gasteiger partial charge in [-0.3, -0.25) is 14.5 Å². The first-order chi connectivity index (χ1) is 17.6. The van der Waals surface area contributed by atoms with Crippen LogP contribution in [0.3, 0.4) is 0 Å². The van der Waals surface area contributed by atoms with E-state index in [1.165, 1.54) is 0 Å². The van der Waals surface area contributed by atoms with Crippen LogP contribution in [0.5, 0.6) is 0 Å². The lowest BCUT2D eigenvalue weighted by Gasteiger charge is -2.55. The highest BCUT2D eigenvalue weighted by molar-refractivity contribution is 8.00. The summed E-state index contributed by atoms with van der Waals surface area (Å²) in [7, 11) is 1.15. The molecule has 0 spiro atoms. The molecule has 2 rings (SSSR count). The molecule has 2 aliphatic rings. The van der Waals surface area contributed by atoms with Gasteiger partial charge in [0.25, 0.3) is 11.6 Å².